The molecule has 0 heterocycles. The molecule has 82 valence electrons. The second kappa shape index (κ2) is 4.99. The van der Waals surface area contributed by atoms with Crippen molar-refractivity contribution >= 4 is 5.69 Å². The van der Waals surface area contributed by atoms with Gasteiger partial charge in [0, 0.05) is 12.6 Å². The Morgan fingerprint density at radius 2 is 1.93 bits per heavy atom. The fourth-order valence-electron chi connectivity index (χ4n) is 1.44. The Bertz CT molecular complexity index is 304. The number of hydrogen-bond acceptors (Lipinski definition) is 1. The molecule has 0 amide bonds. The minimum absolute atomic E-state index is 0.366. The second-order valence-electron chi connectivity index (χ2n) is 4.44. The molecule has 0 aliphatic heterocycles. The quantitative estimate of drug-likeness (QED) is 0.443. The summed E-state index contributed by atoms with van der Waals surface area (Å²) in [6, 6.07) is 10.3. The van der Waals surface area contributed by atoms with E-state index in [0.717, 1.165) is 11.0 Å². The van der Waals surface area contributed by atoms with E-state index in [1.807, 2.05) is 24.3 Å². The highest BCUT2D eigenvalue weighted by atomic mass is 15.4. The zero-order valence-electron chi connectivity index (χ0n) is 9.90. The number of nitrogens with one attached hydrogen (secondary N) is 1. The van der Waals surface area contributed by atoms with Crippen molar-refractivity contribution in [2.24, 2.45) is 0 Å². The lowest BCUT2D eigenvalue weighted by Gasteiger charge is -2.35. The van der Waals surface area contributed by atoms with Gasteiger partial charge < -0.3 is 9.80 Å². The molecule has 0 aliphatic rings. The lowest BCUT2D eigenvalue weighted by molar-refractivity contribution is -0.903. The first-order valence-electron chi connectivity index (χ1n) is 5.31. The van der Waals surface area contributed by atoms with Gasteiger partial charge in [0.2, 0.25) is 0 Å². The number of nitrogens with zero attached hydrogens (tertiary/aromatic N) is 1. The first-order chi connectivity index (χ1) is 7.06. The van der Waals surface area contributed by atoms with Crippen LogP contribution in [0.25, 0.3) is 0 Å². The third-order valence-electron chi connectivity index (χ3n) is 2.80. The molecule has 1 aromatic rings. The molecule has 0 radical (unpaired) electrons. The number of rotatable bonds is 5. The molecule has 1 rings (SSSR count). The molecule has 15 heavy (non-hydrogen) atoms. The van der Waals surface area contributed by atoms with Crippen molar-refractivity contribution in [1.29, 1.82) is 0 Å². The Hall–Kier alpha value is -1.28. The molecule has 0 spiro atoms. The molecule has 2 heteroatoms. The van der Waals surface area contributed by atoms with Crippen molar-refractivity contribution < 1.29 is 4.48 Å². The maximum Gasteiger partial charge on any atom is 0.159 e. The van der Waals surface area contributed by atoms with Crippen molar-refractivity contribution in [2.45, 2.75) is 13.1 Å². The molecule has 2 nitrogen and oxygen atoms in total. The predicted octanol–water partition coefficient (Wildman–Crippen LogP) is 2.71. The molecule has 1 aromatic carbocycles. The van der Waals surface area contributed by atoms with E-state index in [1.165, 1.54) is 5.69 Å². The summed E-state index contributed by atoms with van der Waals surface area (Å²) in [5, 5.41) is 3.49. The number of quaternary nitrogens is 1. The van der Waals surface area contributed by atoms with E-state index in [1.54, 1.807) is 0 Å². The maximum absolute atomic E-state index is 3.79. The van der Waals surface area contributed by atoms with E-state index < -0.39 is 0 Å². The van der Waals surface area contributed by atoms with Gasteiger partial charge in [0.25, 0.3) is 0 Å². The molecular formula is C13H21N2+. The molecule has 1 atom stereocenters. The third kappa shape index (κ3) is 3.40. The van der Waals surface area contributed by atoms with Gasteiger partial charge in [-0.1, -0.05) is 24.8 Å². The van der Waals surface area contributed by atoms with E-state index >= 15 is 0 Å². The van der Waals surface area contributed by atoms with E-state index in [9.17, 15) is 0 Å². The number of likely N-dealkylation sites (N-methyl/N-ethyl adjacent to an activating group) is 1. The molecule has 0 saturated carbocycles. The van der Waals surface area contributed by atoms with Gasteiger partial charge in [-0.05, 0) is 18.2 Å². The van der Waals surface area contributed by atoms with E-state index in [0.29, 0.717) is 6.17 Å². The van der Waals surface area contributed by atoms with E-state index in [2.05, 4.69) is 45.0 Å². The van der Waals surface area contributed by atoms with Gasteiger partial charge in [0.1, 0.15) is 0 Å². The average Bonchev–Trinajstić information content (AvgIpc) is 2.19. The Morgan fingerprint density at radius 3 is 2.47 bits per heavy atom. The summed E-state index contributed by atoms with van der Waals surface area (Å²) >= 11 is 0. The Labute approximate surface area is 92.8 Å². The van der Waals surface area contributed by atoms with Crippen LogP contribution in [-0.4, -0.2) is 31.3 Å². The first-order valence-corrected chi connectivity index (χ1v) is 5.31. The molecule has 1 unspecified atom stereocenters. The molecule has 0 aliphatic carbocycles. The standard InChI is InChI=1S/C13H21N2/c1-5-11-15(3,4)12(2)14-13-9-7-6-8-10-13/h5-10,12,14H,1,11H2,2-4H3/q+1. The van der Waals surface area contributed by atoms with E-state index in [-0.39, 0.29) is 0 Å². The predicted molar refractivity (Wildman–Crippen MR) is 66.7 cm³/mol. The summed E-state index contributed by atoms with van der Waals surface area (Å²) in [4.78, 5) is 0. The van der Waals surface area contributed by atoms with Crippen LogP contribution in [0.1, 0.15) is 6.92 Å². The highest BCUT2D eigenvalue weighted by molar-refractivity contribution is 5.42. The van der Waals surface area contributed by atoms with Crippen LogP contribution in [0.15, 0.2) is 43.0 Å². The van der Waals surface area contributed by atoms with Crippen molar-refractivity contribution in [2.75, 3.05) is 26.0 Å². The summed E-state index contributed by atoms with van der Waals surface area (Å²) in [5.41, 5.74) is 1.17. The summed E-state index contributed by atoms with van der Waals surface area (Å²) < 4.78 is 0.887. The SMILES string of the molecule is C=CC[N+](C)(C)C(C)Nc1ccccc1. The summed E-state index contributed by atoms with van der Waals surface area (Å²) in [6.07, 6.45) is 2.33. The van der Waals surface area contributed by atoms with Crippen LogP contribution in [0.5, 0.6) is 0 Å². The lowest BCUT2D eigenvalue weighted by atomic mass is 10.3. The third-order valence-corrected chi connectivity index (χ3v) is 2.80. The van der Waals surface area contributed by atoms with Crippen LogP contribution in [0.3, 0.4) is 0 Å². The highest BCUT2D eigenvalue weighted by Crippen LogP contribution is 2.12. The minimum atomic E-state index is 0.366. The number of anilines is 1. The average molecular weight is 205 g/mol. The van der Waals surface area contributed by atoms with Crippen molar-refractivity contribution in [3.63, 3.8) is 0 Å². The van der Waals surface area contributed by atoms with Crippen LogP contribution < -0.4 is 5.32 Å². The monoisotopic (exact) mass is 205 g/mol. The first kappa shape index (κ1) is 11.8. The van der Waals surface area contributed by atoms with Crippen molar-refractivity contribution in [3.8, 4) is 0 Å². The lowest BCUT2D eigenvalue weighted by Crippen LogP contribution is -2.51. The normalized spacial score (nSPS) is 13.3. The zero-order chi connectivity index (χ0) is 11.3. The van der Waals surface area contributed by atoms with Gasteiger partial charge in [0.15, 0.2) is 6.17 Å². The fraction of sp³-hybridized carbons (Fsp3) is 0.385. The molecule has 1 N–H and O–H groups in total. The second-order valence-corrected chi connectivity index (χ2v) is 4.44. The molecule has 0 saturated heterocycles. The molecule has 0 fully saturated rings. The Morgan fingerprint density at radius 1 is 1.33 bits per heavy atom. The van der Waals surface area contributed by atoms with Crippen LogP contribution >= 0.6 is 0 Å². The molecule has 0 bridgehead atoms. The van der Waals surface area contributed by atoms with Gasteiger partial charge in [-0.15, -0.1) is 0 Å². The van der Waals surface area contributed by atoms with E-state index in [4.69, 9.17) is 0 Å². The van der Waals surface area contributed by atoms with Crippen LogP contribution in [-0.2, 0) is 0 Å². The number of benzene rings is 1. The van der Waals surface area contributed by atoms with Crippen LogP contribution in [0, 0.1) is 0 Å². The Balaban J connectivity index is 2.63. The van der Waals surface area contributed by atoms with Gasteiger partial charge in [-0.3, -0.25) is 0 Å². The number of para-hydroxylation sites is 1. The van der Waals surface area contributed by atoms with Gasteiger partial charge in [-0.25, -0.2) is 0 Å². The summed E-state index contributed by atoms with van der Waals surface area (Å²) in [6.45, 7) is 6.94. The Kier molecular flexibility index (Phi) is 3.92. The highest BCUT2D eigenvalue weighted by Gasteiger charge is 2.21. The van der Waals surface area contributed by atoms with Crippen molar-refractivity contribution in [1.82, 2.24) is 0 Å². The van der Waals surface area contributed by atoms with Gasteiger partial charge in [-0.2, -0.15) is 0 Å². The fourth-order valence-corrected chi connectivity index (χ4v) is 1.44. The summed E-state index contributed by atoms with van der Waals surface area (Å²) in [5.74, 6) is 0. The number of hydrogen-bond donors (Lipinski definition) is 1. The molecule has 0 aromatic heterocycles. The van der Waals surface area contributed by atoms with Gasteiger partial charge >= 0.3 is 0 Å². The minimum Gasteiger partial charge on any atom is -0.337 e. The smallest absolute Gasteiger partial charge is 0.159 e. The summed E-state index contributed by atoms with van der Waals surface area (Å²) in [7, 11) is 4.39. The van der Waals surface area contributed by atoms with Crippen LogP contribution in [0.2, 0.25) is 0 Å². The zero-order valence-corrected chi connectivity index (χ0v) is 9.90. The van der Waals surface area contributed by atoms with Crippen molar-refractivity contribution in [3.05, 3.63) is 43.0 Å². The largest absolute Gasteiger partial charge is 0.337 e. The molecular weight excluding hydrogens is 184 g/mol. The topological polar surface area (TPSA) is 12.0 Å². The van der Waals surface area contributed by atoms with Crippen LogP contribution in [0.4, 0.5) is 5.69 Å². The van der Waals surface area contributed by atoms with Gasteiger partial charge in [0.05, 0.1) is 20.6 Å². The maximum atomic E-state index is 3.79.